The zero-order chi connectivity index (χ0) is 10.2. The summed E-state index contributed by atoms with van der Waals surface area (Å²) in [5.41, 5.74) is 6.02. The van der Waals surface area contributed by atoms with E-state index in [0.29, 0.717) is 12.1 Å². The van der Waals surface area contributed by atoms with Gasteiger partial charge < -0.3 is 11.1 Å². The van der Waals surface area contributed by atoms with Crippen LogP contribution in [-0.2, 0) is 7.05 Å². The first-order valence-electron chi connectivity index (χ1n) is 4.66. The van der Waals surface area contributed by atoms with Gasteiger partial charge in [-0.15, -0.1) is 0 Å². The third-order valence-electron chi connectivity index (χ3n) is 2.59. The van der Waals surface area contributed by atoms with Crippen LogP contribution in [0.5, 0.6) is 0 Å². The van der Waals surface area contributed by atoms with Gasteiger partial charge in [0.1, 0.15) is 0 Å². The second-order valence-electron chi connectivity index (χ2n) is 3.84. The molecule has 1 aromatic rings. The Labute approximate surface area is 82.3 Å². The maximum atomic E-state index is 11.7. The summed E-state index contributed by atoms with van der Waals surface area (Å²) >= 11 is 0. The Kier molecular flexibility index (Phi) is 2.03. The minimum Gasteiger partial charge on any atom is -0.345 e. The summed E-state index contributed by atoms with van der Waals surface area (Å²) in [6.07, 6.45) is 5.22. The number of aromatic nitrogens is 2. The van der Waals surface area contributed by atoms with Crippen LogP contribution in [0.4, 0.5) is 0 Å². The predicted octanol–water partition coefficient (Wildman–Crippen LogP) is -0.359. The van der Waals surface area contributed by atoms with E-state index >= 15 is 0 Å². The lowest BCUT2D eigenvalue weighted by Crippen LogP contribution is -2.42. The lowest BCUT2D eigenvalue weighted by atomic mass is 10.2. The largest absolute Gasteiger partial charge is 0.345 e. The Morgan fingerprint density at radius 2 is 2.50 bits per heavy atom. The third kappa shape index (κ3) is 1.63. The average Bonchev–Trinajstić information content (AvgIpc) is 2.80. The summed E-state index contributed by atoms with van der Waals surface area (Å²) in [4.78, 5) is 11.7. The molecule has 3 N–H and O–H groups in total. The topological polar surface area (TPSA) is 72.9 Å². The lowest BCUT2D eigenvalue weighted by Gasteiger charge is -2.13. The molecular weight excluding hydrogens is 180 g/mol. The van der Waals surface area contributed by atoms with Crippen LogP contribution >= 0.6 is 0 Å². The van der Waals surface area contributed by atoms with Gasteiger partial charge in [0.15, 0.2) is 0 Å². The third-order valence-corrected chi connectivity index (χ3v) is 2.59. The van der Waals surface area contributed by atoms with Gasteiger partial charge in [-0.05, 0) is 12.8 Å². The molecule has 1 saturated carbocycles. The van der Waals surface area contributed by atoms with E-state index in [9.17, 15) is 4.79 Å². The van der Waals surface area contributed by atoms with Gasteiger partial charge in [-0.25, -0.2) is 0 Å². The first-order chi connectivity index (χ1) is 6.65. The molecule has 5 nitrogen and oxygen atoms in total. The minimum absolute atomic E-state index is 0.0824. The fourth-order valence-electron chi connectivity index (χ4n) is 1.38. The summed E-state index contributed by atoms with van der Waals surface area (Å²) < 4.78 is 1.61. The molecular formula is C9H14N4O. The number of carbonyl (C=O) groups excluding carboxylic acids is 1. The highest BCUT2D eigenvalue weighted by Gasteiger charge is 2.42. The van der Waals surface area contributed by atoms with Gasteiger partial charge in [-0.2, -0.15) is 5.10 Å². The molecule has 0 atom stereocenters. The van der Waals surface area contributed by atoms with Gasteiger partial charge in [0, 0.05) is 19.8 Å². The molecule has 5 heteroatoms. The smallest absolute Gasteiger partial charge is 0.254 e. The van der Waals surface area contributed by atoms with Crippen LogP contribution in [0.3, 0.4) is 0 Å². The van der Waals surface area contributed by atoms with Crippen molar-refractivity contribution in [1.82, 2.24) is 15.1 Å². The Morgan fingerprint density at radius 3 is 2.93 bits per heavy atom. The number of nitrogens with zero attached hydrogens (tertiary/aromatic N) is 2. The van der Waals surface area contributed by atoms with E-state index in [4.69, 9.17) is 5.73 Å². The molecule has 1 fully saturated rings. The van der Waals surface area contributed by atoms with Crippen LogP contribution in [0.2, 0.25) is 0 Å². The fourth-order valence-corrected chi connectivity index (χ4v) is 1.38. The first kappa shape index (κ1) is 9.21. The standard InChI is InChI=1S/C9H14N4O/c1-13-5-7(4-11-13)8(14)12-9(6-10)2-3-9/h4-5H,2-3,6,10H2,1H3,(H,12,14). The summed E-state index contributed by atoms with van der Waals surface area (Å²) in [5, 5.41) is 6.87. The van der Waals surface area contributed by atoms with Crippen molar-refractivity contribution < 1.29 is 4.79 Å². The highest BCUT2D eigenvalue weighted by atomic mass is 16.1. The lowest BCUT2D eigenvalue weighted by molar-refractivity contribution is 0.0933. The fraction of sp³-hybridized carbons (Fsp3) is 0.556. The molecule has 0 spiro atoms. The van der Waals surface area contributed by atoms with Gasteiger partial charge in [-0.1, -0.05) is 0 Å². The van der Waals surface area contributed by atoms with Crippen LogP contribution in [0.15, 0.2) is 12.4 Å². The van der Waals surface area contributed by atoms with Crippen molar-refractivity contribution in [2.45, 2.75) is 18.4 Å². The van der Waals surface area contributed by atoms with E-state index in [-0.39, 0.29) is 11.4 Å². The predicted molar refractivity (Wildman–Crippen MR) is 51.7 cm³/mol. The van der Waals surface area contributed by atoms with Crippen molar-refractivity contribution in [2.75, 3.05) is 6.54 Å². The number of nitrogens with one attached hydrogen (secondary N) is 1. The Morgan fingerprint density at radius 1 is 1.79 bits per heavy atom. The summed E-state index contributed by atoms with van der Waals surface area (Å²) in [7, 11) is 1.78. The van der Waals surface area contributed by atoms with Crippen LogP contribution in [0.25, 0.3) is 0 Å². The van der Waals surface area contributed by atoms with Crippen molar-refractivity contribution in [3.05, 3.63) is 18.0 Å². The molecule has 1 heterocycles. The molecule has 2 rings (SSSR count). The van der Waals surface area contributed by atoms with Gasteiger partial charge in [0.05, 0.1) is 17.3 Å². The maximum absolute atomic E-state index is 11.7. The molecule has 0 aliphatic heterocycles. The van der Waals surface area contributed by atoms with Crippen molar-refractivity contribution in [3.63, 3.8) is 0 Å². The highest BCUT2D eigenvalue weighted by Crippen LogP contribution is 2.34. The number of carbonyl (C=O) groups is 1. The number of nitrogens with two attached hydrogens (primary N) is 1. The normalized spacial score (nSPS) is 17.9. The Balaban J connectivity index is 2.03. The molecule has 1 aliphatic carbocycles. The number of rotatable bonds is 3. The molecule has 1 amide bonds. The molecule has 1 aliphatic rings. The average molecular weight is 194 g/mol. The monoisotopic (exact) mass is 194 g/mol. The van der Waals surface area contributed by atoms with Crippen LogP contribution in [0, 0.1) is 0 Å². The van der Waals surface area contributed by atoms with E-state index in [0.717, 1.165) is 12.8 Å². The van der Waals surface area contributed by atoms with E-state index in [1.54, 1.807) is 24.1 Å². The van der Waals surface area contributed by atoms with Crippen molar-refractivity contribution >= 4 is 5.91 Å². The Hall–Kier alpha value is -1.36. The quantitative estimate of drug-likeness (QED) is 0.690. The van der Waals surface area contributed by atoms with Gasteiger partial charge >= 0.3 is 0 Å². The van der Waals surface area contributed by atoms with Gasteiger partial charge in [0.2, 0.25) is 0 Å². The van der Waals surface area contributed by atoms with E-state index in [1.807, 2.05) is 0 Å². The molecule has 76 valence electrons. The molecule has 0 saturated heterocycles. The number of hydrogen-bond donors (Lipinski definition) is 2. The molecule has 14 heavy (non-hydrogen) atoms. The summed E-state index contributed by atoms with van der Waals surface area (Å²) in [6.45, 7) is 0.513. The summed E-state index contributed by atoms with van der Waals surface area (Å²) in [5.74, 6) is -0.0824. The van der Waals surface area contributed by atoms with Crippen molar-refractivity contribution in [2.24, 2.45) is 12.8 Å². The molecule has 0 bridgehead atoms. The first-order valence-corrected chi connectivity index (χ1v) is 4.66. The van der Waals surface area contributed by atoms with Crippen molar-refractivity contribution in [1.29, 1.82) is 0 Å². The minimum atomic E-state index is -0.132. The van der Waals surface area contributed by atoms with Gasteiger partial charge in [0.25, 0.3) is 5.91 Å². The second-order valence-corrected chi connectivity index (χ2v) is 3.84. The van der Waals surface area contributed by atoms with Gasteiger partial charge in [-0.3, -0.25) is 9.48 Å². The van der Waals surface area contributed by atoms with Crippen LogP contribution < -0.4 is 11.1 Å². The Bertz CT molecular complexity index is 353. The zero-order valence-corrected chi connectivity index (χ0v) is 8.16. The maximum Gasteiger partial charge on any atom is 0.254 e. The molecule has 0 radical (unpaired) electrons. The molecule has 0 aromatic carbocycles. The van der Waals surface area contributed by atoms with Crippen molar-refractivity contribution in [3.8, 4) is 0 Å². The highest BCUT2D eigenvalue weighted by molar-refractivity contribution is 5.94. The second kappa shape index (κ2) is 3.09. The number of aryl methyl sites for hydroxylation is 1. The van der Waals surface area contributed by atoms with Crippen LogP contribution in [-0.4, -0.2) is 27.8 Å². The number of amides is 1. The van der Waals surface area contributed by atoms with E-state index < -0.39 is 0 Å². The molecule has 1 aromatic heterocycles. The summed E-state index contributed by atoms with van der Waals surface area (Å²) in [6, 6.07) is 0. The van der Waals surface area contributed by atoms with Crippen LogP contribution in [0.1, 0.15) is 23.2 Å². The zero-order valence-electron chi connectivity index (χ0n) is 8.16. The van der Waals surface area contributed by atoms with E-state index in [2.05, 4.69) is 10.4 Å². The van der Waals surface area contributed by atoms with E-state index in [1.165, 1.54) is 0 Å². The molecule has 0 unspecified atom stereocenters. The SMILES string of the molecule is Cn1cc(C(=O)NC2(CN)CC2)cn1. The number of hydrogen-bond acceptors (Lipinski definition) is 3.